The quantitative estimate of drug-likeness (QED) is 0.627. The summed E-state index contributed by atoms with van der Waals surface area (Å²) in [5, 5.41) is 0. The van der Waals surface area contributed by atoms with Gasteiger partial charge in [0, 0.05) is 5.69 Å². The third-order valence-corrected chi connectivity index (χ3v) is 1.33. The van der Waals surface area contributed by atoms with Crippen LogP contribution in [0.25, 0.3) is 0 Å². The largest absolute Gasteiger partial charge is 0.492 e. The first-order valence-electron chi connectivity index (χ1n) is 3.52. The van der Waals surface area contributed by atoms with Crippen molar-refractivity contribution in [2.75, 3.05) is 18.1 Å². The minimum absolute atomic E-state index is 0.590. The Morgan fingerprint density at radius 2 is 2.09 bits per heavy atom. The van der Waals surface area contributed by atoms with E-state index in [1.54, 1.807) is 18.2 Å². The number of nitrogens with two attached hydrogens (primary N) is 2. The van der Waals surface area contributed by atoms with Crippen LogP contribution >= 0.6 is 0 Å². The summed E-state index contributed by atoms with van der Waals surface area (Å²) in [6.45, 7) is 2.53. The van der Waals surface area contributed by atoms with Crippen molar-refractivity contribution >= 4 is 11.4 Å². The predicted octanol–water partition coefficient (Wildman–Crippen LogP) is 1.25. The molecule has 4 N–H and O–H groups in total. The molecule has 60 valence electrons. The van der Waals surface area contributed by atoms with Gasteiger partial charge in [0.2, 0.25) is 0 Å². The Bertz CT molecular complexity index is 248. The third-order valence-electron chi connectivity index (χ3n) is 1.33. The maximum Gasteiger partial charge on any atom is 0.142 e. The summed E-state index contributed by atoms with van der Waals surface area (Å²) in [6, 6.07) is 5.22. The number of hydrogen-bond acceptors (Lipinski definition) is 3. The van der Waals surface area contributed by atoms with Crippen LogP contribution in [0.1, 0.15) is 6.92 Å². The molecule has 1 aromatic rings. The van der Waals surface area contributed by atoms with E-state index in [1.807, 2.05) is 6.92 Å². The molecule has 0 spiro atoms. The lowest BCUT2D eigenvalue weighted by Gasteiger charge is -2.06. The van der Waals surface area contributed by atoms with Gasteiger partial charge in [-0.15, -0.1) is 0 Å². The van der Waals surface area contributed by atoms with Crippen molar-refractivity contribution in [2.24, 2.45) is 0 Å². The number of hydrogen-bond donors (Lipinski definition) is 2. The van der Waals surface area contributed by atoms with Crippen LogP contribution in [0.4, 0.5) is 11.4 Å². The molecular formula is C8H12N2O. The Balaban J connectivity index is 2.90. The molecule has 11 heavy (non-hydrogen) atoms. The van der Waals surface area contributed by atoms with Crippen molar-refractivity contribution in [2.45, 2.75) is 6.92 Å². The minimum Gasteiger partial charge on any atom is -0.492 e. The molecule has 0 saturated carbocycles. The van der Waals surface area contributed by atoms with Crippen LogP contribution in [0, 0.1) is 0 Å². The summed E-state index contributed by atoms with van der Waals surface area (Å²) < 4.78 is 5.21. The Kier molecular flexibility index (Phi) is 2.21. The van der Waals surface area contributed by atoms with Gasteiger partial charge in [-0.1, -0.05) is 0 Å². The van der Waals surface area contributed by atoms with Crippen molar-refractivity contribution in [3.8, 4) is 5.75 Å². The zero-order chi connectivity index (χ0) is 8.27. The van der Waals surface area contributed by atoms with Crippen LogP contribution in [0.5, 0.6) is 5.75 Å². The van der Waals surface area contributed by atoms with Crippen LogP contribution in [-0.2, 0) is 0 Å². The van der Waals surface area contributed by atoms with Crippen LogP contribution in [-0.4, -0.2) is 6.61 Å². The fraction of sp³-hybridized carbons (Fsp3) is 0.250. The summed E-state index contributed by atoms with van der Waals surface area (Å²) in [4.78, 5) is 0. The van der Waals surface area contributed by atoms with Crippen molar-refractivity contribution in [1.82, 2.24) is 0 Å². The van der Waals surface area contributed by atoms with Crippen molar-refractivity contribution in [3.63, 3.8) is 0 Å². The summed E-state index contributed by atoms with van der Waals surface area (Å²) in [6.07, 6.45) is 0. The summed E-state index contributed by atoms with van der Waals surface area (Å²) in [5.74, 6) is 0.696. The highest BCUT2D eigenvalue weighted by molar-refractivity contribution is 5.60. The van der Waals surface area contributed by atoms with Crippen LogP contribution in [0.15, 0.2) is 18.2 Å². The first kappa shape index (κ1) is 7.72. The normalized spacial score (nSPS) is 9.55. The van der Waals surface area contributed by atoms with E-state index in [9.17, 15) is 0 Å². The van der Waals surface area contributed by atoms with Gasteiger partial charge in [0.1, 0.15) is 5.75 Å². The lowest BCUT2D eigenvalue weighted by molar-refractivity contribution is 0.342. The number of rotatable bonds is 2. The molecule has 0 saturated heterocycles. The fourth-order valence-electron chi connectivity index (χ4n) is 0.854. The average molecular weight is 152 g/mol. The van der Waals surface area contributed by atoms with Crippen LogP contribution in [0.2, 0.25) is 0 Å². The van der Waals surface area contributed by atoms with Crippen molar-refractivity contribution < 1.29 is 4.74 Å². The molecule has 0 atom stereocenters. The zero-order valence-electron chi connectivity index (χ0n) is 6.50. The second-order valence-corrected chi connectivity index (χ2v) is 2.23. The molecule has 0 fully saturated rings. The van der Waals surface area contributed by atoms with Gasteiger partial charge in [0.05, 0.1) is 12.3 Å². The minimum atomic E-state index is 0.590. The molecule has 1 aromatic carbocycles. The molecule has 0 aliphatic rings. The first-order valence-corrected chi connectivity index (χ1v) is 3.52. The Hall–Kier alpha value is -1.38. The molecule has 0 heterocycles. The molecule has 1 rings (SSSR count). The van der Waals surface area contributed by atoms with E-state index < -0.39 is 0 Å². The lowest BCUT2D eigenvalue weighted by atomic mass is 10.2. The maximum atomic E-state index is 5.60. The van der Waals surface area contributed by atoms with E-state index in [-0.39, 0.29) is 0 Å². The monoisotopic (exact) mass is 152 g/mol. The lowest BCUT2D eigenvalue weighted by Crippen LogP contribution is -1.97. The molecule has 3 nitrogen and oxygen atoms in total. The maximum absolute atomic E-state index is 5.60. The molecule has 0 aliphatic carbocycles. The summed E-state index contributed by atoms with van der Waals surface area (Å²) in [5.41, 5.74) is 12.3. The van der Waals surface area contributed by atoms with Gasteiger partial charge in [-0.2, -0.15) is 0 Å². The topological polar surface area (TPSA) is 61.3 Å². The number of nitrogen functional groups attached to an aromatic ring is 2. The highest BCUT2D eigenvalue weighted by atomic mass is 16.5. The summed E-state index contributed by atoms with van der Waals surface area (Å²) >= 11 is 0. The molecule has 0 bridgehead atoms. The van der Waals surface area contributed by atoms with E-state index in [4.69, 9.17) is 16.2 Å². The highest BCUT2D eigenvalue weighted by Gasteiger charge is 1.97. The van der Waals surface area contributed by atoms with Crippen molar-refractivity contribution in [1.29, 1.82) is 0 Å². The zero-order valence-corrected chi connectivity index (χ0v) is 6.50. The van der Waals surface area contributed by atoms with Gasteiger partial charge < -0.3 is 16.2 Å². The second-order valence-electron chi connectivity index (χ2n) is 2.23. The van der Waals surface area contributed by atoms with Gasteiger partial charge in [0.25, 0.3) is 0 Å². The van der Waals surface area contributed by atoms with E-state index in [0.29, 0.717) is 23.7 Å². The van der Waals surface area contributed by atoms with E-state index in [1.165, 1.54) is 0 Å². The summed E-state index contributed by atoms with van der Waals surface area (Å²) in [7, 11) is 0. The van der Waals surface area contributed by atoms with Crippen molar-refractivity contribution in [3.05, 3.63) is 18.2 Å². The van der Waals surface area contributed by atoms with Gasteiger partial charge in [0.15, 0.2) is 0 Å². The first-order chi connectivity index (χ1) is 5.24. The van der Waals surface area contributed by atoms with E-state index in [0.717, 1.165) is 0 Å². The van der Waals surface area contributed by atoms with E-state index in [2.05, 4.69) is 0 Å². The van der Waals surface area contributed by atoms with Gasteiger partial charge in [-0.25, -0.2) is 0 Å². The van der Waals surface area contributed by atoms with Gasteiger partial charge in [-0.05, 0) is 25.1 Å². The van der Waals surface area contributed by atoms with E-state index >= 15 is 0 Å². The van der Waals surface area contributed by atoms with Gasteiger partial charge >= 0.3 is 0 Å². The molecule has 0 unspecified atom stereocenters. The Labute approximate surface area is 66.0 Å². The Morgan fingerprint density at radius 3 is 2.64 bits per heavy atom. The van der Waals surface area contributed by atoms with Crippen LogP contribution in [0.3, 0.4) is 0 Å². The molecular weight excluding hydrogens is 140 g/mol. The van der Waals surface area contributed by atoms with Gasteiger partial charge in [-0.3, -0.25) is 0 Å². The standard InChI is InChI=1S/C8H12N2O/c1-2-11-8-4-3-6(9)5-7(8)10/h3-5H,2,9-10H2,1H3. The second kappa shape index (κ2) is 3.14. The predicted molar refractivity (Wildman–Crippen MR) is 46.4 cm³/mol. The number of ether oxygens (including phenoxy) is 1. The fourth-order valence-corrected chi connectivity index (χ4v) is 0.854. The molecule has 0 radical (unpaired) electrons. The SMILES string of the molecule is CCOc1ccc(N)cc1N. The Morgan fingerprint density at radius 1 is 1.36 bits per heavy atom. The number of anilines is 2. The molecule has 3 heteroatoms. The molecule has 0 amide bonds. The van der Waals surface area contributed by atoms with Crippen LogP contribution < -0.4 is 16.2 Å². The highest BCUT2D eigenvalue weighted by Crippen LogP contribution is 2.22. The average Bonchev–Trinajstić information content (AvgIpc) is 1.95. The third kappa shape index (κ3) is 1.77. The molecule has 0 aromatic heterocycles. The number of benzene rings is 1. The molecule has 0 aliphatic heterocycles. The smallest absolute Gasteiger partial charge is 0.142 e.